The van der Waals surface area contributed by atoms with Gasteiger partial charge in [0, 0.05) is 7.05 Å². The van der Waals surface area contributed by atoms with Crippen LogP contribution in [0.4, 0.5) is 23.7 Å². The van der Waals surface area contributed by atoms with Gasteiger partial charge in [0.2, 0.25) is 0 Å². The van der Waals surface area contributed by atoms with Gasteiger partial charge in [-0.3, -0.25) is 4.79 Å². The minimum atomic E-state index is -4.73. The van der Waals surface area contributed by atoms with Gasteiger partial charge in [0.1, 0.15) is 6.07 Å². The van der Waals surface area contributed by atoms with Crippen molar-refractivity contribution in [3.05, 3.63) is 65.2 Å². The zero-order valence-electron chi connectivity index (χ0n) is 14.6. The summed E-state index contributed by atoms with van der Waals surface area (Å²) in [5.41, 5.74) is -3.37. The molecule has 2 aromatic rings. The molecule has 0 aliphatic carbocycles. The lowest BCUT2D eigenvalue weighted by Crippen LogP contribution is -2.48. The van der Waals surface area contributed by atoms with Crippen LogP contribution in [0.3, 0.4) is 0 Å². The van der Waals surface area contributed by atoms with Gasteiger partial charge in [0.15, 0.2) is 5.54 Å². The van der Waals surface area contributed by atoms with E-state index in [2.05, 4.69) is 0 Å². The van der Waals surface area contributed by atoms with Gasteiger partial charge in [-0.25, -0.2) is 9.69 Å². The number of nitrogens with zero attached hydrogens (tertiary/aromatic N) is 3. The summed E-state index contributed by atoms with van der Waals surface area (Å²) in [5, 5.41) is 19.3. The average molecular weight is 389 g/mol. The number of nitriles is 1. The molecule has 0 saturated carbocycles. The van der Waals surface area contributed by atoms with Crippen molar-refractivity contribution in [3.8, 4) is 6.07 Å². The third-order valence-electron chi connectivity index (χ3n) is 4.77. The van der Waals surface area contributed by atoms with Crippen molar-refractivity contribution in [2.24, 2.45) is 0 Å². The van der Waals surface area contributed by atoms with E-state index in [1.165, 1.54) is 19.2 Å². The lowest BCUT2D eigenvalue weighted by molar-refractivity contribution is -0.137. The van der Waals surface area contributed by atoms with Crippen LogP contribution in [0.1, 0.15) is 16.7 Å². The minimum Gasteiger partial charge on any atom is -0.393 e. The Bertz CT molecular complexity index is 985. The van der Waals surface area contributed by atoms with E-state index in [1.807, 2.05) is 0 Å². The van der Waals surface area contributed by atoms with Crippen molar-refractivity contribution in [1.82, 2.24) is 4.90 Å². The Labute approximate surface area is 158 Å². The van der Waals surface area contributed by atoms with Crippen molar-refractivity contribution in [2.45, 2.75) is 11.7 Å². The number of carbonyl (C=O) groups excluding carboxylic acids is 2. The number of halogens is 3. The fourth-order valence-corrected chi connectivity index (χ4v) is 3.22. The lowest BCUT2D eigenvalue weighted by atomic mass is 9.89. The topological polar surface area (TPSA) is 84.6 Å². The molecule has 2 aromatic carbocycles. The van der Waals surface area contributed by atoms with Gasteiger partial charge in [-0.05, 0) is 23.8 Å². The normalized spacial score (nSPS) is 19.9. The number of hydrogen-bond donors (Lipinski definition) is 1. The number of imide groups is 1. The highest BCUT2D eigenvalue weighted by atomic mass is 19.4. The molecule has 3 rings (SSSR count). The number of amides is 3. The monoisotopic (exact) mass is 389 g/mol. The molecule has 0 aromatic heterocycles. The van der Waals surface area contributed by atoms with Crippen molar-refractivity contribution >= 4 is 17.6 Å². The van der Waals surface area contributed by atoms with Gasteiger partial charge < -0.3 is 10.0 Å². The summed E-state index contributed by atoms with van der Waals surface area (Å²) in [6.07, 6.45) is -4.73. The minimum absolute atomic E-state index is 0.273. The zero-order valence-corrected chi connectivity index (χ0v) is 14.6. The Balaban J connectivity index is 2.21. The standard InChI is InChI=1S/C19H14F3N3O3/c1-24-17(28)25(15-9-14(19(20,21)22)8-7-12(15)10-23)16(27)18(24,11-26)13-5-3-2-4-6-13/h2-9,26H,11H2,1H3. The predicted octanol–water partition coefficient (Wildman–Crippen LogP) is 2.86. The fraction of sp³-hybridized carbons (Fsp3) is 0.211. The van der Waals surface area contributed by atoms with Crippen molar-refractivity contribution in [2.75, 3.05) is 18.6 Å². The van der Waals surface area contributed by atoms with Crippen LogP contribution < -0.4 is 4.90 Å². The van der Waals surface area contributed by atoms with Crippen molar-refractivity contribution in [1.29, 1.82) is 5.26 Å². The number of hydrogen-bond acceptors (Lipinski definition) is 4. The molecule has 3 amide bonds. The number of aliphatic hydroxyl groups is 1. The second kappa shape index (κ2) is 6.65. The SMILES string of the molecule is CN1C(=O)N(c2cc(C(F)(F)F)ccc2C#N)C(=O)C1(CO)c1ccccc1. The van der Waals surface area contributed by atoms with E-state index in [0.717, 1.165) is 11.0 Å². The molecular formula is C19H14F3N3O3. The number of benzene rings is 2. The molecule has 1 N–H and O–H groups in total. The first-order valence-electron chi connectivity index (χ1n) is 8.08. The molecule has 28 heavy (non-hydrogen) atoms. The summed E-state index contributed by atoms with van der Waals surface area (Å²) in [4.78, 5) is 27.5. The van der Waals surface area contributed by atoms with Gasteiger partial charge in [0.05, 0.1) is 23.4 Å². The Morgan fingerprint density at radius 3 is 2.32 bits per heavy atom. The third-order valence-corrected chi connectivity index (χ3v) is 4.77. The molecule has 6 nitrogen and oxygen atoms in total. The average Bonchev–Trinajstić information content (AvgIpc) is 2.87. The molecule has 1 unspecified atom stereocenters. The molecule has 0 radical (unpaired) electrons. The van der Waals surface area contributed by atoms with E-state index >= 15 is 0 Å². The molecule has 1 fully saturated rings. The number of urea groups is 1. The molecule has 1 heterocycles. The van der Waals surface area contributed by atoms with Gasteiger partial charge in [-0.1, -0.05) is 30.3 Å². The summed E-state index contributed by atoms with van der Waals surface area (Å²) < 4.78 is 39.4. The summed E-state index contributed by atoms with van der Waals surface area (Å²) in [6, 6.07) is 10.9. The first kappa shape index (κ1) is 19.4. The number of alkyl halides is 3. The maximum Gasteiger partial charge on any atom is 0.416 e. The summed E-state index contributed by atoms with van der Waals surface area (Å²) in [7, 11) is 1.27. The molecule has 1 atom stereocenters. The quantitative estimate of drug-likeness (QED) is 0.819. The highest BCUT2D eigenvalue weighted by Crippen LogP contribution is 2.41. The van der Waals surface area contributed by atoms with Gasteiger partial charge >= 0.3 is 12.2 Å². The highest BCUT2D eigenvalue weighted by Gasteiger charge is 2.57. The second-order valence-corrected chi connectivity index (χ2v) is 6.21. The van der Waals surface area contributed by atoms with Crippen LogP contribution in [0.2, 0.25) is 0 Å². The van der Waals surface area contributed by atoms with E-state index in [9.17, 15) is 33.1 Å². The van der Waals surface area contributed by atoms with E-state index in [-0.39, 0.29) is 5.56 Å². The van der Waals surface area contributed by atoms with Crippen LogP contribution >= 0.6 is 0 Å². The Morgan fingerprint density at radius 2 is 1.79 bits per heavy atom. The molecule has 0 bridgehead atoms. The van der Waals surface area contributed by atoms with E-state index in [4.69, 9.17) is 0 Å². The van der Waals surface area contributed by atoms with Crippen LogP contribution in [-0.2, 0) is 16.5 Å². The second-order valence-electron chi connectivity index (χ2n) is 6.21. The molecular weight excluding hydrogens is 375 g/mol. The van der Waals surface area contributed by atoms with Crippen LogP contribution in [0.25, 0.3) is 0 Å². The molecule has 0 spiro atoms. The largest absolute Gasteiger partial charge is 0.416 e. The number of aliphatic hydroxyl groups excluding tert-OH is 1. The maximum atomic E-state index is 13.2. The Hall–Kier alpha value is -3.38. The Kier molecular flexibility index (Phi) is 4.61. The highest BCUT2D eigenvalue weighted by molar-refractivity contribution is 6.23. The van der Waals surface area contributed by atoms with Crippen LogP contribution in [-0.4, -0.2) is 35.6 Å². The predicted molar refractivity (Wildman–Crippen MR) is 92.0 cm³/mol. The number of anilines is 1. The maximum absolute atomic E-state index is 13.2. The number of carbonyl (C=O) groups is 2. The molecule has 9 heteroatoms. The van der Waals surface area contributed by atoms with Crippen LogP contribution in [0, 0.1) is 11.3 Å². The van der Waals surface area contributed by atoms with Crippen LogP contribution in [0.15, 0.2) is 48.5 Å². The van der Waals surface area contributed by atoms with Crippen molar-refractivity contribution < 1.29 is 27.9 Å². The molecule has 1 aliphatic rings. The third kappa shape index (κ3) is 2.70. The summed E-state index contributed by atoms with van der Waals surface area (Å²) in [5.74, 6) is -0.940. The molecule has 1 saturated heterocycles. The first-order chi connectivity index (χ1) is 13.2. The van der Waals surface area contributed by atoms with Crippen LogP contribution in [0.5, 0.6) is 0 Å². The smallest absolute Gasteiger partial charge is 0.393 e. The number of likely N-dealkylation sites (N-methyl/N-ethyl adjacent to an activating group) is 1. The summed E-state index contributed by atoms with van der Waals surface area (Å²) >= 11 is 0. The van der Waals surface area contributed by atoms with E-state index in [1.54, 1.807) is 24.3 Å². The zero-order chi connectivity index (χ0) is 20.7. The summed E-state index contributed by atoms with van der Waals surface area (Å²) in [6.45, 7) is -0.782. The van der Waals surface area contributed by atoms with E-state index in [0.29, 0.717) is 22.6 Å². The first-order valence-corrected chi connectivity index (χ1v) is 8.08. The van der Waals surface area contributed by atoms with Gasteiger partial charge in [0.25, 0.3) is 5.91 Å². The molecule has 144 valence electrons. The van der Waals surface area contributed by atoms with Crippen molar-refractivity contribution in [3.63, 3.8) is 0 Å². The van der Waals surface area contributed by atoms with E-state index < -0.39 is 41.5 Å². The fourth-order valence-electron chi connectivity index (χ4n) is 3.22. The lowest BCUT2D eigenvalue weighted by Gasteiger charge is -2.31. The Morgan fingerprint density at radius 1 is 1.14 bits per heavy atom. The van der Waals surface area contributed by atoms with Gasteiger partial charge in [-0.2, -0.15) is 18.4 Å². The molecule has 1 aliphatic heterocycles. The number of rotatable bonds is 3. The van der Waals surface area contributed by atoms with Gasteiger partial charge in [-0.15, -0.1) is 0 Å².